The molecule has 30 heavy (non-hydrogen) atoms. The maximum absolute atomic E-state index is 13.0. The Morgan fingerprint density at radius 2 is 1.43 bits per heavy atom. The highest BCUT2D eigenvalue weighted by Crippen LogP contribution is 2.18. The topological polar surface area (TPSA) is 57.0 Å². The summed E-state index contributed by atoms with van der Waals surface area (Å²) in [4.78, 5) is 31.1. The zero-order valence-electron chi connectivity index (χ0n) is 16.8. The van der Waals surface area contributed by atoms with Gasteiger partial charge in [0.25, 0.3) is 5.91 Å². The van der Waals surface area contributed by atoms with Crippen molar-refractivity contribution in [1.29, 1.82) is 0 Å². The first-order chi connectivity index (χ1) is 14.7. The van der Waals surface area contributed by atoms with Crippen LogP contribution in [0, 0.1) is 0 Å². The zero-order chi connectivity index (χ0) is 20.8. The van der Waals surface area contributed by atoms with Crippen molar-refractivity contribution in [3.8, 4) is 0 Å². The minimum Gasteiger partial charge on any atom is -0.459 e. The summed E-state index contributed by atoms with van der Waals surface area (Å²) in [5.41, 5.74) is 2.17. The van der Waals surface area contributed by atoms with Crippen LogP contribution < -0.4 is 4.90 Å². The van der Waals surface area contributed by atoms with Gasteiger partial charge in [-0.25, -0.2) is 0 Å². The Bertz CT molecular complexity index is 950. The lowest BCUT2D eigenvalue weighted by atomic mass is 10.2. The van der Waals surface area contributed by atoms with Gasteiger partial charge in [0.05, 0.1) is 12.8 Å². The summed E-state index contributed by atoms with van der Waals surface area (Å²) >= 11 is 0. The average Bonchev–Trinajstić information content (AvgIpc) is 3.34. The summed E-state index contributed by atoms with van der Waals surface area (Å²) in [5.74, 6) is 0.287. The van der Waals surface area contributed by atoms with E-state index in [9.17, 15) is 9.59 Å². The molecular formula is C24H25N3O3. The van der Waals surface area contributed by atoms with E-state index in [1.54, 1.807) is 17.0 Å². The summed E-state index contributed by atoms with van der Waals surface area (Å²) in [7, 11) is 0. The quantitative estimate of drug-likeness (QED) is 0.634. The highest BCUT2D eigenvalue weighted by Gasteiger charge is 2.27. The number of hydrogen-bond donors (Lipinski definition) is 0. The molecule has 2 heterocycles. The first-order valence-electron chi connectivity index (χ1n) is 10.2. The summed E-state index contributed by atoms with van der Waals surface area (Å²) in [6.45, 7) is 3.03. The normalized spacial score (nSPS) is 13.9. The minimum absolute atomic E-state index is 0.0693. The number of amides is 2. The van der Waals surface area contributed by atoms with E-state index in [4.69, 9.17) is 4.42 Å². The van der Waals surface area contributed by atoms with Gasteiger partial charge in [0.1, 0.15) is 0 Å². The van der Waals surface area contributed by atoms with Gasteiger partial charge >= 0.3 is 0 Å². The monoisotopic (exact) mass is 403 g/mol. The Kier molecular flexibility index (Phi) is 6.13. The van der Waals surface area contributed by atoms with Crippen LogP contribution in [-0.2, 0) is 11.3 Å². The molecule has 0 atom stereocenters. The van der Waals surface area contributed by atoms with Gasteiger partial charge in [0.2, 0.25) is 5.91 Å². The Hall–Kier alpha value is -3.54. The molecule has 6 nitrogen and oxygen atoms in total. The number of para-hydroxylation sites is 1. The van der Waals surface area contributed by atoms with Crippen molar-refractivity contribution in [3.05, 3.63) is 90.4 Å². The molecule has 0 bridgehead atoms. The largest absolute Gasteiger partial charge is 0.459 e. The van der Waals surface area contributed by atoms with Crippen molar-refractivity contribution in [2.45, 2.75) is 6.54 Å². The zero-order valence-corrected chi connectivity index (χ0v) is 16.8. The Balaban J connectivity index is 1.39. The van der Waals surface area contributed by atoms with E-state index < -0.39 is 0 Å². The van der Waals surface area contributed by atoms with Crippen LogP contribution in [0.3, 0.4) is 0 Å². The average molecular weight is 403 g/mol. The predicted molar refractivity (Wildman–Crippen MR) is 115 cm³/mol. The molecule has 1 fully saturated rings. The van der Waals surface area contributed by atoms with Gasteiger partial charge in [-0.05, 0) is 29.8 Å². The Morgan fingerprint density at radius 1 is 0.800 bits per heavy atom. The molecule has 0 radical (unpaired) electrons. The molecule has 0 aliphatic carbocycles. The van der Waals surface area contributed by atoms with Crippen LogP contribution >= 0.6 is 0 Å². The second-order valence-electron chi connectivity index (χ2n) is 7.33. The number of rotatable bonds is 6. The van der Waals surface area contributed by atoms with Crippen molar-refractivity contribution >= 4 is 17.5 Å². The fourth-order valence-corrected chi connectivity index (χ4v) is 3.66. The van der Waals surface area contributed by atoms with Crippen molar-refractivity contribution in [1.82, 2.24) is 9.80 Å². The van der Waals surface area contributed by atoms with Crippen LogP contribution in [0.5, 0.6) is 0 Å². The van der Waals surface area contributed by atoms with Crippen LogP contribution in [0.15, 0.2) is 83.5 Å². The van der Waals surface area contributed by atoms with E-state index in [0.29, 0.717) is 45.0 Å². The van der Waals surface area contributed by atoms with Crippen molar-refractivity contribution in [3.63, 3.8) is 0 Å². The first-order valence-corrected chi connectivity index (χ1v) is 10.2. The molecule has 3 aromatic rings. The molecule has 0 unspecified atom stereocenters. The molecule has 1 aliphatic heterocycles. The number of carbonyl (C=O) groups excluding carboxylic acids is 2. The lowest BCUT2D eigenvalue weighted by Gasteiger charge is -2.36. The molecule has 0 N–H and O–H groups in total. The molecule has 0 spiro atoms. The van der Waals surface area contributed by atoms with Gasteiger partial charge in [-0.3, -0.25) is 9.59 Å². The molecule has 4 rings (SSSR count). The van der Waals surface area contributed by atoms with Gasteiger partial charge in [0, 0.05) is 38.4 Å². The summed E-state index contributed by atoms with van der Waals surface area (Å²) in [6.07, 6.45) is 1.50. The third-order valence-electron chi connectivity index (χ3n) is 5.32. The lowest BCUT2D eigenvalue weighted by molar-refractivity contribution is -0.131. The fourth-order valence-electron chi connectivity index (χ4n) is 3.66. The van der Waals surface area contributed by atoms with Gasteiger partial charge in [-0.1, -0.05) is 48.5 Å². The molecule has 1 aliphatic rings. The number of piperazine rings is 1. The molecule has 0 saturated carbocycles. The summed E-state index contributed by atoms with van der Waals surface area (Å²) in [6, 6.07) is 23.5. The molecule has 1 aromatic heterocycles. The van der Waals surface area contributed by atoms with Crippen LogP contribution in [-0.4, -0.2) is 54.3 Å². The molecular weight excluding hydrogens is 378 g/mol. The fraction of sp³-hybridized carbons (Fsp3) is 0.250. The van der Waals surface area contributed by atoms with Gasteiger partial charge in [-0.15, -0.1) is 0 Å². The van der Waals surface area contributed by atoms with Gasteiger partial charge in [-0.2, -0.15) is 0 Å². The second-order valence-corrected chi connectivity index (χ2v) is 7.33. The van der Waals surface area contributed by atoms with Crippen LogP contribution in [0.4, 0.5) is 5.69 Å². The molecule has 154 valence electrons. The predicted octanol–water partition coefficient (Wildman–Crippen LogP) is 3.27. The van der Waals surface area contributed by atoms with Crippen LogP contribution in [0.25, 0.3) is 0 Å². The SMILES string of the molecule is O=C(CN(Cc1ccccc1)c1ccccc1)N1CCN(C(=O)c2ccco2)CC1. The standard InChI is InChI=1S/C24H25N3O3/c28-23(25-13-15-26(16-14-25)24(29)22-12-7-17-30-22)19-27(21-10-5-2-6-11-21)18-20-8-3-1-4-9-20/h1-12,17H,13-16,18-19H2. The van der Waals surface area contributed by atoms with E-state index >= 15 is 0 Å². The van der Waals surface area contributed by atoms with E-state index in [0.717, 1.165) is 11.3 Å². The van der Waals surface area contributed by atoms with E-state index in [2.05, 4.69) is 17.0 Å². The lowest BCUT2D eigenvalue weighted by Crippen LogP contribution is -2.52. The number of furan rings is 1. The Labute approximate surface area is 176 Å². The summed E-state index contributed by atoms with van der Waals surface area (Å²) in [5, 5.41) is 0. The maximum Gasteiger partial charge on any atom is 0.289 e. The first kappa shape index (κ1) is 19.8. The molecule has 2 amide bonds. The number of hydrogen-bond acceptors (Lipinski definition) is 4. The molecule has 1 saturated heterocycles. The third kappa shape index (κ3) is 4.71. The molecule has 2 aromatic carbocycles. The molecule has 6 heteroatoms. The van der Waals surface area contributed by atoms with Crippen LogP contribution in [0.2, 0.25) is 0 Å². The highest BCUT2D eigenvalue weighted by atomic mass is 16.3. The van der Waals surface area contributed by atoms with E-state index in [-0.39, 0.29) is 11.8 Å². The van der Waals surface area contributed by atoms with Gasteiger partial charge < -0.3 is 19.1 Å². The van der Waals surface area contributed by atoms with E-state index in [1.807, 2.05) is 53.4 Å². The number of carbonyl (C=O) groups is 2. The van der Waals surface area contributed by atoms with Crippen molar-refractivity contribution < 1.29 is 14.0 Å². The Morgan fingerprint density at radius 3 is 2.07 bits per heavy atom. The van der Waals surface area contributed by atoms with Gasteiger partial charge in [0.15, 0.2) is 5.76 Å². The third-order valence-corrected chi connectivity index (χ3v) is 5.32. The smallest absolute Gasteiger partial charge is 0.289 e. The second kappa shape index (κ2) is 9.31. The van der Waals surface area contributed by atoms with E-state index in [1.165, 1.54) is 6.26 Å². The van der Waals surface area contributed by atoms with Crippen molar-refractivity contribution in [2.24, 2.45) is 0 Å². The van der Waals surface area contributed by atoms with Crippen molar-refractivity contribution in [2.75, 3.05) is 37.6 Å². The number of benzene rings is 2. The summed E-state index contributed by atoms with van der Waals surface area (Å²) < 4.78 is 5.20. The number of anilines is 1. The maximum atomic E-state index is 13.0. The van der Waals surface area contributed by atoms with Crippen LogP contribution in [0.1, 0.15) is 16.1 Å². The number of nitrogens with zero attached hydrogens (tertiary/aromatic N) is 3. The highest BCUT2D eigenvalue weighted by molar-refractivity contribution is 5.91. The minimum atomic E-state index is -0.123.